The molecule has 1 aliphatic heterocycles. The minimum absolute atomic E-state index is 0.0705. The predicted molar refractivity (Wildman–Crippen MR) is 125 cm³/mol. The fraction of sp³-hybridized carbons (Fsp3) is 0.318. The highest BCUT2D eigenvalue weighted by atomic mass is 32.2. The van der Waals surface area contributed by atoms with Crippen LogP contribution in [-0.2, 0) is 14.3 Å². The van der Waals surface area contributed by atoms with E-state index in [1.165, 1.54) is 23.1 Å². The monoisotopic (exact) mass is 457 g/mol. The maximum absolute atomic E-state index is 12.8. The van der Waals surface area contributed by atoms with Gasteiger partial charge in [-0.2, -0.15) is 11.8 Å². The molecule has 3 rings (SSSR count). The lowest BCUT2D eigenvalue weighted by molar-refractivity contribution is -0.125. The van der Waals surface area contributed by atoms with Gasteiger partial charge in [0, 0.05) is 23.7 Å². The maximum Gasteiger partial charge on any atom is 0.262 e. The van der Waals surface area contributed by atoms with Crippen LogP contribution in [0.2, 0.25) is 0 Å². The molecule has 1 unspecified atom stereocenters. The largest absolute Gasteiger partial charge is 0.370 e. The number of ether oxygens (including phenoxy) is 1. The van der Waals surface area contributed by atoms with Gasteiger partial charge in [-0.25, -0.2) is 0 Å². The van der Waals surface area contributed by atoms with E-state index in [0.29, 0.717) is 34.3 Å². The summed E-state index contributed by atoms with van der Waals surface area (Å²) in [6.45, 7) is 2.94. The summed E-state index contributed by atoms with van der Waals surface area (Å²) in [5.41, 5.74) is 2.25. The van der Waals surface area contributed by atoms with Crippen LogP contribution in [0.5, 0.6) is 0 Å². The molecule has 2 heterocycles. The molecule has 7 nitrogen and oxygen atoms in total. The number of rotatable bonds is 7. The Morgan fingerprint density at radius 3 is 2.81 bits per heavy atom. The summed E-state index contributed by atoms with van der Waals surface area (Å²) in [5.74, 6) is 2.18. The van der Waals surface area contributed by atoms with Gasteiger partial charge < -0.3 is 20.3 Å². The number of hydrogen-bond donors (Lipinski definition) is 2. The van der Waals surface area contributed by atoms with Crippen molar-refractivity contribution in [3.63, 3.8) is 0 Å². The number of carbonyl (C=O) groups is 3. The molecule has 0 spiro atoms. The Morgan fingerprint density at radius 1 is 1.35 bits per heavy atom. The van der Waals surface area contributed by atoms with E-state index in [2.05, 4.69) is 16.6 Å². The van der Waals surface area contributed by atoms with Crippen molar-refractivity contribution in [3.8, 4) is 12.3 Å². The van der Waals surface area contributed by atoms with Gasteiger partial charge in [0.25, 0.3) is 11.8 Å². The van der Waals surface area contributed by atoms with Crippen LogP contribution in [0.15, 0.2) is 30.3 Å². The quantitative estimate of drug-likeness (QED) is 0.624. The third-order valence-corrected chi connectivity index (χ3v) is 6.35. The molecule has 9 heteroatoms. The van der Waals surface area contributed by atoms with E-state index in [1.54, 1.807) is 23.1 Å². The molecule has 1 aromatic heterocycles. The molecule has 3 amide bonds. The summed E-state index contributed by atoms with van der Waals surface area (Å²) in [6, 6.07) is 8.01. The van der Waals surface area contributed by atoms with Crippen molar-refractivity contribution in [3.05, 3.63) is 45.6 Å². The van der Waals surface area contributed by atoms with Gasteiger partial charge in [-0.1, -0.05) is 5.92 Å². The van der Waals surface area contributed by atoms with Gasteiger partial charge in [-0.05, 0) is 49.1 Å². The van der Waals surface area contributed by atoms with E-state index in [0.717, 1.165) is 11.3 Å². The Hall–Kier alpha value is -2.80. The number of hydrogen-bond acceptors (Lipinski definition) is 6. The first-order chi connectivity index (χ1) is 14.9. The number of nitrogens with zero attached hydrogens (tertiary/aromatic N) is 1. The molecule has 2 aromatic rings. The standard InChI is InChI=1S/C22H23N3O4S2/c1-4-16-6-8-19(31-16)22(28)24-17(13-30-3)21(27)23-15-5-7-18(14(2)11-15)25-9-10-29-12-20(25)26/h1,5-8,11,17H,9-10,12-13H2,2-3H3,(H,23,27)(H,24,28). The number of benzene rings is 1. The first kappa shape index (κ1) is 22.9. The molecule has 0 aliphatic carbocycles. The molecule has 2 N–H and O–H groups in total. The first-order valence-corrected chi connectivity index (χ1v) is 11.8. The fourth-order valence-electron chi connectivity index (χ4n) is 3.15. The van der Waals surface area contributed by atoms with Crippen LogP contribution in [-0.4, -0.2) is 55.5 Å². The summed E-state index contributed by atoms with van der Waals surface area (Å²) in [7, 11) is 0. The second-order valence-electron chi connectivity index (χ2n) is 6.88. The predicted octanol–water partition coefficient (Wildman–Crippen LogP) is 2.50. The number of terminal acetylenes is 1. The van der Waals surface area contributed by atoms with Gasteiger partial charge in [0.05, 0.1) is 16.4 Å². The number of morpholine rings is 1. The summed E-state index contributed by atoms with van der Waals surface area (Å²) in [5, 5.41) is 5.64. The zero-order valence-corrected chi connectivity index (χ0v) is 18.9. The Kier molecular flexibility index (Phi) is 7.74. The van der Waals surface area contributed by atoms with Gasteiger partial charge in [-0.3, -0.25) is 14.4 Å². The van der Waals surface area contributed by atoms with E-state index < -0.39 is 6.04 Å². The first-order valence-electron chi connectivity index (χ1n) is 9.58. The molecule has 1 aromatic carbocycles. The third-order valence-electron chi connectivity index (χ3n) is 4.67. The van der Waals surface area contributed by atoms with Crippen molar-refractivity contribution >= 4 is 52.2 Å². The molecular weight excluding hydrogens is 434 g/mol. The lowest BCUT2D eigenvalue weighted by atomic mass is 10.1. The fourth-order valence-corrected chi connectivity index (χ4v) is 4.44. The number of amides is 3. The third kappa shape index (κ3) is 5.67. The van der Waals surface area contributed by atoms with Gasteiger partial charge in [0.15, 0.2) is 0 Å². The highest BCUT2D eigenvalue weighted by Crippen LogP contribution is 2.25. The smallest absolute Gasteiger partial charge is 0.262 e. The van der Waals surface area contributed by atoms with Crippen LogP contribution in [0.25, 0.3) is 0 Å². The van der Waals surface area contributed by atoms with Crippen molar-refractivity contribution in [2.24, 2.45) is 0 Å². The minimum atomic E-state index is -0.709. The van der Waals surface area contributed by atoms with E-state index in [4.69, 9.17) is 11.2 Å². The molecular formula is C22H23N3O4S2. The SMILES string of the molecule is C#Cc1ccc(C(=O)NC(CSC)C(=O)Nc2ccc(N3CCOCC3=O)c(C)c2)s1. The molecule has 1 atom stereocenters. The highest BCUT2D eigenvalue weighted by molar-refractivity contribution is 7.98. The molecule has 1 saturated heterocycles. The second kappa shape index (κ2) is 10.5. The van der Waals surface area contributed by atoms with Crippen LogP contribution in [0, 0.1) is 19.3 Å². The van der Waals surface area contributed by atoms with E-state index >= 15 is 0 Å². The molecule has 1 aliphatic rings. The summed E-state index contributed by atoms with van der Waals surface area (Å²) >= 11 is 2.67. The van der Waals surface area contributed by atoms with Gasteiger partial charge in [-0.15, -0.1) is 17.8 Å². The number of thiophene rings is 1. The molecule has 1 fully saturated rings. The summed E-state index contributed by atoms with van der Waals surface area (Å²) < 4.78 is 5.18. The lowest BCUT2D eigenvalue weighted by Crippen LogP contribution is -2.45. The Balaban J connectivity index is 1.68. The zero-order chi connectivity index (χ0) is 22.4. The van der Waals surface area contributed by atoms with Gasteiger partial charge in [0.1, 0.15) is 12.6 Å². The van der Waals surface area contributed by atoms with Crippen LogP contribution >= 0.6 is 23.1 Å². The van der Waals surface area contributed by atoms with E-state index in [-0.39, 0.29) is 24.3 Å². The maximum atomic E-state index is 12.8. The lowest BCUT2D eigenvalue weighted by Gasteiger charge is -2.28. The number of thioether (sulfide) groups is 1. The van der Waals surface area contributed by atoms with Gasteiger partial charge >= 0.3 is 0 Å². The Morgan fingerprint density at radius 2 is 2.16 bits per heavy atom. The topological polar surface area (TPSA) is 87.7 Å². The Labute approximate surface area is 189 Å². The van der Waals surface area contributed by atoms with E-state index in [9.17, 15) is 14.4 Å². The van der Waals surface area contributed by atoms with Crippen LogP contribution < -0.4 is 15.5 Å². The molecule has 0 radical (unpaired) electrons. The number of aryl methyl sites for hydroxylation is 1. The molecule has 162 valence electrons. The van der Waals surface area contributed by atoms with E-state index in [1.807, 2.05) is 25.3 Å². The average Bonchev–Trinajstić information content (AvgIpc) is 3.24. The number of anilines is 2. The van der Waals surface area contributed by atoms with Crippen molar-refractivity contribution in [2.45, 2.75) is 13.0 Å². The van der Waals surface area contributed by atoms with Crippen LogP contribution in [0.4, 0.5) is 11.4 Å². The van der Waals surface area contributed by atoms with Gasteiger partial charge in [0.2, 0.25) is 5.91 Å². The van der Waals surface area contributed by atoms with Crippen LogP contribution in [0.1, 0.15) is 20.1 Å². The summed E-state index contributed by atoms with van der Waals surface area (Å²) in [4.78, 5) is 40.2. The summed E-state index contributed by atoms with van der Waals surface area (Å²) in [6.07, 6.45) is 7.23. The normalized spacial score (nSPS) is 14.6. The minimum Gasteiger partial charge on any atom is -0.370 e. The molecule has 31 heavy (non-hydrogen) atoms. The van der Waals surface area contributed by atoms with Crippen molar-refractivity contribution in [2.75, 3.05) is 42.0 Å². The zero-order valence-electron chi connectivity index (χ0n) is 17.3. The number of carbonyl (C=O) groups excluding carboxylic acids is 3. The number of nitrogens with one attached hydrogen (secondary N) is 2. The van der Waals surface area contributed by atoms with Crippen molar-refractivity contribution in [1.29, 1.82) is 0 Å². The second-order valence-corrected chi connectivity index (χ2v) is 8.87. The van der Waals surface area contributed by atoms with Crippen molar-refractivity contribution < 1.29 is 19.1 Å². The average molecular weight is 458 g/mol. The Bertz CT molecular complexity index is 1030. The van der Waals surface area contributed by atoms with Crippen molar-refractivity contribution in [1.82, 2.24) is 5.32 Å². The highest BCUT2D eigenvalue weighted by Gasteiger charge is 2.24. The van der Waals surface area contributed by atoms with Crippen LogP contribution in [0.3, 0.4) is 0 Å². The molecule has 0 saturated carbocycles. The molecule has 0 bridgehead atoms.